The van der Waals surface area contributed by atoms with Crippen molar-refractivity contribution in [3.05, 3.63) is 77.6 Å². The van der Waals surface area contributed by atoms with Gasteiger partial charge in [-0.3, -0.25) is 39.1 Å². The number of anilines is 4. The van der Waals surface area contributed by atoms with Crippen molar-refractivity contribution in [3.8, 4) is 11.8 Å². The molecule has 3 aliphatic heterocycles. The lowest BCUT2D eigenvalue weighted by molar-refractivity contribution is -0.156. The molecule has 2 unspecified atom stereocenters. The molecule has 0 radical (unpaired) electrons. The number of amides is 4. The van der Waals surface area contributed by atoms with E-state index in [0.29, 0.717) is 49.8 Å². The number of nitrogens with zero attached hydrogens (tertiary/aromatic N) is 4. The summed E-state index contributed by atoms with van der Waals surface area (Å²) in [6, 6.07) is 14.3. The van der Waals surface area contributed by atoms with Crippen LogP contribution >= 0.6 is 12.2 Å². The first-order valence-corrected chi connectivity index (χ1v) is 18.5. The molecule has 6 rings (SSSR count). The third-order valence-corrected chi connectivity index (χ3v) is 10.5. The van der Waals surface area contributed by atoms with Crippen LogP contribution in [0, 0.1) is 23.1 Å². The van der Waals surface area contributed by atoms with Crippen molar-refractivity contribution in [3.63, 3.8) is 0 Å². The molecule has 0 aromatic heterocycles. The molecular weight excluding hydrogens is 787 g/mol. The summed E-state index contributed by atoms with van der Waals surface area (Å²) in [5.41, 5.74) is -2.39. The second kappa shape index (κ2) is 16.8. The summed E-state index contributed by atoms with van der Waals surface area (Å²) < 4.78 is 67.6. The Morgan fingerprint density at radius 1 is 1.05 bits per heavy atom. The number of likely N-dealkylation sites (tertiary alicyclic amines) is 1. The highest BCUT2D eigenvalue weighted by molar-refractivity contribution is 7.81. The Balaban J connectivity index is 1.05. The van der Waals surface area contributed by atoms with Crippen LogP contribution in [0.3, 0.4) is 0 Å². The van der Waals surface area contributed by atoms with Crippen molar-refractivity contribution in [2.75, 3.05) is 40.1 Å². The summed E-state index contributed by atoms with van der Waals surface area (Å²) in [4.78, 5) is 65.8. The zero-order valence-electron chi connectivity index (χ0n) is 31.1. The van der Waals surface area contributed by atoms with E-state index in [1.165, 1.54) is 43.0 Å². The van der Waals surface area contributed by atoms with Crippen LogP contribution in [0.1, 0.15) is 50.7 Å². The van der Waals surface area contributed by atoms with E-state index in [4.69, 9.17) is 21.7 Å². The van der Waals surface area contributed by atoms with Gasteiger partial charge in [0, 0.05) is 42.6 Å². The van der Waals surface area contributed by atoms with Gasteiger partial charge in [0.15, 0.2) is 16.7 Å². The third kappa shape index (κ3) is 8.72. The first kappa shape index (κ1) is 41.5. The fraction of sp³-hybridized carbons (Fsp3) is 0.359. The predicted octanol–water partition coefficient (Wildman–Crippen LogP) is 5.08. The van der Waals surface area contributed by atoms with Crippen LogP contribution in [-0.2, 0) is 34.9 Å². The minimum absolute atomic E-state index is 0.0596. The number of benzene rings is 3. The molecule has 0 aliphatic carbocycles. The minimum Gasteiger partial charge on any atom is -0.490 e. The number of nitriles is 1. The van der Waals surface area contributed by atoms with E-state index in [9.17, 15) is 42.4 Å². The molecule has 0 saturated carbocycles. The van der Waals surface area contributed by atoms with Gasteiger partial charge >= 0.3 is 6.18 Å². The van der Waals surface area contributed by atoms with Crippen molar-refractivity contribution in [2.45, 2.75) is 63.5 Å². The lowest BCUT2D eigenvalue weighted by Crippen LogP contribution is -2.49. The van der Waals surface area contributed by atoms with E-state index >= 15 is 4.39 Å². The molecule has 0 spiro atoms. The molecule has 3 heterocycles. The van der Waals surface area contributed by atoms with Crippen LogP contribution in [0.25, 0.3) is 0 Å². The van der Waals surface area contributed by atoms with Crippen molar-refractivity contribution in [1.29, 1.82) is 5.26 Å². The zero-order valence-corrected chi connectivity index (χ0v) is 31.9. The normalized spacial score (nSPS) is 19.3. The zero-order chi connectivity index (χ0) is 41.9. The quantitative estimate of drug-likeness (QED) is 0.0959. The molecule has 58 heavy (non-hydrogen) atoms. The summed E-state index contributed by atoms with van der Waals surface area (Å²) in [7, 11) is 0. The van der Waals surface area contributed by atoms with Crippen molar-refractivity contribution < 1.29 is 51.0 Å². The van der Waals surface area contributed by atoms with Gasteiger partial charge in [-0.1, -0.05) is 6.07 Å². The van der Waals surface area contributed by atoms with Gasteiger partial charge in [0.05, 0.1) is 29.5 Å². The Hall–Kier alpha value is -6.13. The fourth-order valence-electron chi connectivity index (χ4n) is 7.06. The summed E-state index contributed by atoms with van der Waals surface area (Å²) in [5, 5.41) is 17.0. The number of carbonyl (C=O) groups excluding carboxylic acids is 5. The monoisotopic (exact) mass is 823 g/mol. The Bertz CT molecular complexity index is 2190. The Kier molecular flexibility index (Phi) is 12.0. The lowest BCUT2D eigenvalue weighted by Gasteiger charge is -2.35. The Morgan fingerprint density at radius 3 is 2.41 bits per heavy atom. The highest BCUT2D eigenvalue weighted by Gasteiger charge is 2.51. The van der Waals surface area contributed by atoms with Crippen LogP contribution < -0.4 is 30.5 Å². The number of rotatable bonds is 12. The maximum Gasteiger partial charge on any atom is 0.417 e. The van der Waals surface area contributed by atoms with Gasteiger partial charge in [0.1, 0.15) is 11.6 Å². The van der Waals surface area contributed by atoms with E-state index in [1.807, 2.05) is 0 Å². The van der Waals surface area contributed by atoms with Crippen LogP contribution in [0.2, 0.25) is 0 Å². The first-order valence-electron chi connectivity index (χ1n) is 18.1. The van der Waals surface area contributed by atoms with E-state index in [1.54, 1.807) is 29.2 Å². The van der Waals surface area contributed by atoms with Crippen LogP contribution in [0.4, 0.5) is 40.3 Å². The van der Waals surface area contributed by atoms with E-state index in [-0.39, 0.29) is 53.6 Å². The van der Waals surface area contributed by atoms with Crippen molar-refractivity contribution in [2.24, 2.45) is 5.92 Å². The molecule has 14 nitrogen and oxygen atoms in total. The molecule has 3 aromatic rings. The molecule has 304 valence electrons. The first-order chi connectivity index (χ1) is 27.5. The van der Waals surface area contributed by atoms with E-state index in [2.05, 4.69) is 16.0 Å². The number of piperidine rings is 2. The van der Waals surface area contributed by atoms with Gasteiger partial charge in [0.2, 0.25) is 18.0 Å². The number of hydrogen-bond acceptors (Lipinski definition) is 11. The average Bonchev–Trinajstić information content (AvgIpc) is 3.36. The number of nitrogens with one attached hydrogen (secondary N) is 3. The van der Waals surface area contributed by atoms with Crippen molar-refractivity contribution in [1.82, 2.24) is 10.2 Å². The maximum absolute atomic E-state index is 15.5. The topological polar surface area (TPSA) is 173 Å². The summed E-state index contributed by atoms with van der Waals surface area (Å²) in [6.45, 7) is 3.99. The minimum atomic E-state index is -4.86. The van der Waals surface area contributed by atoms with Crippen molar-refractivity contribution >= 4 is 70.2 Å². The van der Waals surface area contributed by atoms with Gasteiger partial charge in [-0.25, -0.2) is 4.39 Å². The fourth-order valence-corrected chi connectivity index (χ4v) is 7.58. The van der Waals surface area contributed by atoms with Gasteiger partial charge < -0.3 is 25.0 Å². The highest BCUT2D eigenvalue weighted by atomic mass is 32.1. The largest absolute Gasteiger partial charge is 0.490 e. The van der Waals surface area contributed by atoms with Gasteiger partial charge in [-0.2, -0.15) is 18.4 Å². The molecule has 4 amide bonds. The number of thiocarbonyl (C=S) groups is 1. The smallest absolute Gasteiger partial charge is 0.417 e. The molecule has 3 fully saturated rings. The third-order valence-electron chi connectivity index (χ3n) is 10.1. The molecular formula is C39H37F4N7O7S. The molecule has 3 aliphatic rings. The number of carbonyl (C=O) groups is 5. The second-order valence-corrected chi connectivity index (χ2v) is 14.7. The van der Waals surface area contributed by atoms with Crippen LogP contribution in [0.5, 0.6) is 5.75 Å². The molecule has 3 saturated heterocycles. The number of imide groups is 1. The molecule has 0 bridgehead atoms. The van der Waals surface area contributed by atoms with Crippen LogP contribution in [-0.4, -0.2) is 77.6 Å². The SMILES string of the molecule is CC1(C)C(=O)N(c2ccc(C#N)c(C(F)(F)F)c2)C(=S)N1c1ccc(OCC2CCN(C(OC=O)C(=O)Nc3cccc(NC4CCC(=O)NC4=O)c3)CC2)c(F)c1. The summed E-state index contributed by atoms with van der Waals surface area (Å²) in [6.07, 6.45) is -4.58. The molecule has 19 heteroatoms. The molecule has 3 aromatic carbocycles. The second-order valence-electron chi connectivity index (χ2n) is 14.4. The Labute approximate surface area is 335 Å². The van der Waals surface area contributed by atoms with Gasteiger partial charge in [0.25, 0.3) is 18.3 Å². The summed E-state index contributed by atoms with van der Waals surface area (Å²) in [5.74, 6) is -2.97. The standard InChI is InChI=1S/C39H37F4N7O7S/c1-38(2)36(55)49(26-7-6-23(19-44)28(17-26)39(41,42)43)37(58)50(38)27-8-10-31(29(40)18-27)56-20-22-12-14-48(15-13-22)35(57-21-51)34(54)46-25-5-3-4-24(16-25)45-30-9-11-32(52)47-33(30)53/h3-8,10,16-18,21-22,30,35,45H,9,11-15,20H2,1-2H3,(H,46,54)(H,47,52,53). The van der Waals surface area contributed by atoms with Gasteiger partial charge in [-0.15, -0.1) is 0 Å². The molecule has 2 atom stereocenters. The average molecular weight is 824 g/mol. The summed E-state index contributed by atoms with van der Waals surface area (Å²) >= 11 is 5.55. The van der Waals surface area contributed by atoms with E-state index < -0.39 is 58.7 Å². The lowest BCUT2D eigenvalue weighted by atomic mass is 9.97. The number of halogens is 4. The molecule has 3 N–H and O–H groups in total. The number of ether oxygens (including phenoxy) is 2. The van der Waals surface area contributed by atoms with E-state index in [0.717, 1.165) is 17.0 Å². The highest BCUT2D eigenvalue weighted by Crippen LogP contribution is 2.40. The number of hydrogen-bond donors (Lipinski definition) is 3. The van der Waals surface area contributed by atoms with Gasteiger partial charge in [-0.05, 0) is 99.8 Å². The Morgan fingerprint density at radius 2 is 1.76 bits per heavy atom. The predicted molar refractivity (Wildman–Crippen MR) is 205 cm³/mol. The maximum atomic E-state index is 15.5. The number of alkyl halides is 3. The van der Waals surface area contributed by atoms with Crippen LogP contribution in [0.15, 0.2) is 60.7 Å².